The van der Waals surface area contributed by atoms with E-state index in [1.54, 1.807) is 6.92 Å². The SMILES string of the molecule is COc1c(Cl)c(OCc2cccc(CN)c2)c(Cl)c(C)c1C(=O)N[C@H]1[C@@H](OC)O[C@H](CO)[C@@H](O)[C@@H]1O.O=CC(F)(F)F. The van der Waals surface area contributed by atoms with Crippen LogP contribution in [0.5, 0.6) is 11.5 Å². The molecule has 0 spiro atoms. The zero-order valence-electron chi connectivity index (χ0n) is 22.7. The molecule has 1 fully saturated rings. The second kappa shape index (κ2) is 15.7. The van der Waals surface area contributed by atoms with Crippen molar-refractivity contribution in [3.05, 3.63) is 56.6 Å². The number of methoxy groups -OCH3 is 2. The van der Waals surface area contributed by atoms with Gasteiger partial charge in [-0.3, -0.25) is 9.59 Å². The van der Waals surface area contributed by atoms with E-state index in [0.717, 1.165) is 11.1 Å². The molecular weight excluding hydrogens is 612 g/mol. The summed E-state index contributed by atoms with van der Waals surface area (Å²) in [4.78, 5) is 22.0. The molecule has 0 aromatic heterocycles. The predicted molar refractivity (Wildman–Crippen MR) is 145 cm³/mol. The van der Waals surface area contributed by atoms with E-state index in [1.807, 2.05) is 24.3 Å². The van der Waals surface area contributed by atoms with Crippen LogP contribution in [0.4, 0.5) is 13.2 Å². The maximum atomic E-state index is 13.3. The van der Waals surface area contributed by atoms with E-state index in [0.29, 0.717) is 12.1 Å². The van der Waals surface area contributed by atoms with Crippen LogP contribution >= 0.6 is 23.2 Å². The van der Waals surface area contributed by atoms with E-state index < -0.39 is 55.6 Å². The lowest BCUT2D eigenvalue weighted by Gasteiger charge is -2.41. The largest absolute Gasteiger partial charge is 0.494 e. The fourth-order valence-electron chi connectivity index (χ4n) is 4.01. The number of aldehydes is 1. The van der Waals surface area contributed by atoms with Crippen LogP contribution in [-0.4, -0.2) is 85.2 Å². The van der Waals surface area contributed by atoms with Gasteiger partial charge in [-0.2, -0.15) is 13.2 Å². The first-order valence-electron chi connectivity index (χ1n) is 12.2. The summed E-state index contributed by atoms with van der Waals surface area (Å²) < 4.78 is 53.2. The Morgan fingerprint density at radius 3 is 2.29 bits per heavy atom. The Balaban J connectivity index is 0.000000928. The summed E-state index contributed by atoms with van der Waals surface area (Å²) in [5, 5.41) is 32.8. The van der Waals surface area contributed by atoms with Gasteiger partial charge in [0.15, 0.2) is 17.8 Å². The van der Waals surface area contributed by atoms with Crippen molar-refractivity contribution in [1.29, 1.82) is 0 Å². The van der Waals surface area contributed by atoms with Crippen molar-refractivity contribution in [2.75, 3.05) is 20.8 Å². The molecule has 16 heteroatoms. The Labute approximate surface area is 249 Å². The topological polar surface area (TPSA) is 170 Å². The van der Waals surface area contributed by atoms with E-state index in [4.69, 9.17) is 52.7 Å². The molecule has 3 rings (SSSR count). The van der Waals surface area contributed by atoms with Crippen LogP contribution in [0, 0.1) is 6.92 Å². The Morgan fingerprint density at radius 1 is 1.14 bits per heavy atom. The Bertz CT molecular complexity index is 1230. The van der Waals surface area contributed by atoms with Crippen LogP contribution in [0.25, 0.3) is 0 Å². The molecule has 0 aliphatic carbocycles. The fraction of sp³-hybridized carbons (Fsp3) is 0.462. The summed E-state index contributed by atoms with van der Waals surface area (Å²) in [6, 6.07) is 6.35. The lowest BCUT2D eigenvalue weighted by Crippen LogP contribution is -2.64. The molecular formula is C26H31Cl2F3N2O9. The number of alkyl halides is 3. The van der Waals surface area contributed by atoms with Gasteiger partial charge in [0.1, 0.15) is 36.0 Å². The molecule has 1 saturated heterocycles. The van der Waals surface area contributed by atoms with Crippen molar-refractivity contribution in [1.82, 2.24) is 5.32 Å². The maximum Gasteiger partial charge on any atom is 0.446 e. The maximum absolute atomic E-state index is 13.3. The monoisotopic (exact) mass is 642 g/mol. The van der Waals surface area contributed by atoms with Crippen molar-refractivity contribution < 1.29 is 57.0 Å². The predicted octanol–water partition coefficient (Wildman–Crippen LogP) is 2.28. The quantitative estimate of drug-likeness (QED) is 0.256. The first-order valence-corrected chi connectivity index (χ1v) is 12.9. The number of hydrogen-bond acceptors (Lipinski definition) is 10. The number of nitrogens with two attached hydrogens (primary N) is 1. The zero-order valence-corrected chi connectivity index (χ0v) is 24.2. The molecule has 1 aliphatic heterocycles. The minimum atomic E-state index is -4.64. The van der Waals surface area contributed by atoms with Gasteiger partial charge in [0.2, 0.25) is 6.29 Å². The number of hydrogen-bond donors (Lipinski definition) is 5. The number of carbonyl (C=O) groups excluding carboxylic acids is 2. The summed E-state index contributed by atoms with van der Waals surface area (Å²) in [5.74, 6) is -0.560. The summed E-state index contributed by atoms with van der Waals surface area (Å²) in [6.07, 6.45) is -10.9. The molecule has 2 aromatic carbocycles. The molecule has 0 saturated carbocycles. The molecule has 6 N–H and O–H groups in total. The molecule has 1 heterocycles. The average molecular weight is 643 g/mol. The molecule has 5 atom stereocenters. The molecule has 234 valence electrons. The first-order chi connectivity index (χ1) is 19.7. The van der Waals surface area contributed by atoms with Crippen molar-refractivity contribution in [2.24, 2.45) is 5.73 Å². The molecule has 1 amide bonds. The van der Waals surface area contributed by atoms with Crippen molar-refractivity contribution in [3.63, 3.8) is 0 Å². The number of aliphatic hydroxyl groups is 3. The summed E-state index contributed by atoms with van der Waals surface area (Å²) in [7, 11) is 2.64. The normalized spacial score (nSPS) is 22.0. The Morgan fingerprint density at radius 2 is 1.76 bits per heavy atom. The zero-order chi connectivity index (χ0) is 31.8. The number of carbonyl (C=O) groups is 2. The van der Waals surface area contributed by atoms with Crippen molar-refractivity contribution in [3.8, 4) is 11.5 Å². The van der Waals surface area contributed by atoms with Crippen LogP contribution in [-0.2, 0) is 27.4 Å². The van der Waals surface area contributed by atoms with E-state index in [9.17, 15) is 33.3 Å². The highest BCUT2D eigenvalue weighted by Crippen LogP contribution is 2.45. The van der Waals surface area contributed by atoms with E-state index in [1.165, 1.54) is 14.2 Å². The Kier molecular flexibility index (Phi) is 13.3. The van der Waals surface area contributed by atoms with E-state index >= 15 is 0 Å². The number of amides is 1. The summed E-state index contributed by atoms with van der Waals surface area (Å²) in [5.41, 5.74) is 7.80. The van der Waals surface area contributed by atoms with Crippen LogP contribution in [0.2, 0.25) is 10.0 Å². The minimum absolute atomic E-state index is 0.00537. The lowest BCUT2D eigenvalue weighted by molar-refractivity contribution is -0.261. The summed E-state index contributed by atoms with van der Waals surface area (Å²) in [6.45, 7) is 1.58. The van der Waals surface area contributed by atoms with Gasteiger partial charge in [0.05, 0.1) is 24.3 Å². The number of aliphatic hydroxyl groups excluding tert-OH is 3. The second-order valence-corrected chi connectivity index (χ2v) is 9.66. The first kappa shape index (κ1) is 35.5. The van der Waals surface area contributed by atoms with Crippen LogP contribution in [0.15, 0.2) is 24.3 Å². The standard InChI is InChI=1S/C24H30Cl2N2O8.C2HF3O/c1-11-15(23(32)28-18-20(31)19(30)14(9-29)36-24(18)34-3)21(33-2)17(26)22(16(11)25)35-10-13-6-4-5-12(7-13)8-27;3-2(4,5)1-6/h4-7,14,18-20,24,29-31H,8-10,27H2,1-3H3,(H,28,32);1H/t14-,18-,19-,20-,24+;/m1./s1. The lowest BCUT2D eigenvalue weighted by atomic mass is 9.96. The molecule has 0 radical (unpaired) electrons. The number of rotatable bonds is 9. The number of halogens is 5. The van der Waals surface area contributed by atoms with Gasteiger partial charge >= 0.3 is 6.18 Å². The van der Waals surface area contributed by atoms with Gasteiger partial charge in [-0.1, -0.05) is 47.5 Å². The van der Waals surface area contributed by atoms with Gasteiger partial charge in [-0.25, -0.2) is 0 Å². The minimum Gasteiger partial charge on any atom is -0.494 e. The highest BCUT2D eigenvalue weighted by Gasteiger charge is 2.45. The smallest absolute Gasteiger partial charge is 0.446 e. The number of ether oxygens (including phenoxy) is 4. The molecule has 2 aromatic rings. The number of nitrogens with one attached hydrogen (secondary N) is 1. The van der Waals surface area contributed by atoms with E-state index in [2.05, 4.69) is 5.32 Å². The van der Waals surface area contributed by atoms with Gasteiger partial charge in [0, 0.05) is 13.7 Å². The number of benzene rings is 2. The van der Waals surface area contributed by atoms with Crippen molar-refractivity contribution in [2.45, 2.75) is 56.9 Å². The summed E-state index contributed by atoms with van der Waals surface area (Å²) >= 11 is 13.1. The van der Waals surface area contributed by atoms with Crippen LogP contribution in [0.3, 0.4) is 0 Å². The molecule has 0 bridgehead atoms. The highest BCUT2D eigenvalue weighted by molar-refractivity contribution is 6.39. The van der Waals surface area contributed by atoms with Crippen LogP contribution in [0.1, 0.15) is 27.0 Å². The Hall–Kier alpha value is -2.69. The van der Waals surface area contributed by atoms with Gasteiger partial charge in [-0.15, -0.1) is 0 Å². The molecule has 42 heavy (non-hydrogen) atoms. The van der Waals surface area contributed by atoms with Gasteiger partial charge in [0.25, 0.3) is 5.91 Å². The molecule has 1 aliphatic rings. The second-order valence-electron chi connectivity index (χ2n) is 8.90. The van der Waals surface area contributed by atoms with Crippen molar-refractivity contribution >= 4 is 35.4 Å². The third kappa shape index (κ3) is 8.67. The van der Waals surface area contributed by atoms with E-state index in [-0.39, 0.29) is 33.7 Å². The average Bonchev–Trinajstić information content (AvgIpc) is 2.97. The third-order valence-electron chi connectivity index (χ3n) is 6.12. The van der Waals surface area contributed by atoms with Gasteiger partial charge < -0.3 is 45.3 Å². The third-order valence-corrected chi connectivity index (χ3v) is 6.91. The molecule has 0 unspecified atom stereocenters. The fourth-order valence-corrected chi connectivity index (χ4v) is 4.63. The van der Waals surface area contributed by atoms with Gasteiger partial charge in [-0.05, 0) is 23.6 Å². The molecule has 11 nitrogen and oxygen atoms in total. The van der Waals surface area contributed by atoms with Crippen LogP contribution < -0.4 is 20.5 Å². The highest BCUT2D eigenvalue weighted by atomic mass is 35.5.